The Hall–Kier alpha value is -1.58. The van der Waals surface area contributed by atoms with Crippen LogP contribution in [0.2, 0.25) is 0 Å². The highest BCUT2D eigenvalue weighted by Gasteiger charge is 2.43. The van der Waals surface area contributed by atoms with E-state index in [4.69, 9.17) is 0 Å². The van der Waals surface area contributed by atoms with Crippen LogP contribution in [-0.4, -0.2) is 27.5 Å². The average Bonchev–Trinajstić information content (AvgIpc) is 2.78. The molecule has 1 aromatic heterocycles. The summed E-state index contributed by atoms with van der Waals surface area (Å²) in [6.07, 6.45) is 7.58. The average molecular weight is 288 g/mol. The Morgan fingerprint density at radius 1 is 1.29 bits per heavy atom. The molecule has 1 aliphatic heterocycles. The summed E-state index contributed by atoms with van der Waals surface area (Å²) in [5, 5.41) is 0. The SMILES string of the molecule is Cc1cc(=O)c(C(=O)N2C(C)CC3CCCCC32)cn1C. The molecule has 0 aromatic carbocycles. The molecule has 2 heterocycles. The number of likely N-dealkylation sites (tertiary alicyclic amines) is 1. The molecule has 0 bridgehead atoms. The maximum Gasteiger partial charge on any atom is 0.259 e. The van der Waals surface area contributed by atoms with Gasteiger partial charge in [-0.25, -0.2) is 0 Å². The first-order chi connectivity index (χ1) is 9.99. The van der Waals surface area contributed by atoms with Crippen LogP contribution in [0, 0.1) is 12.8 Å². The maximum atomic E-state index is 12.9. The van der Waals surface area contributed by atoms with Gasteiger partial charge in [0.1, 0.15) is 5.56 Å². The van der Waals surface area contributed by atoms with E-state index in [1.165, 1.54) is 19.3 Å². The molecule has 1 saturated carbocycles. The van der Waals surface area contributed by atoms with Crippen LogP contribution in [0.15, 0.2) is 17.1 Å². The molecule has 1 aliphatic carbocycles. The summed E-state index contributed by atoms with van der Waals surface area (Å²) >= 11 is 0. The predicted molar refractivity (Wildman–Crippen MR) is 82.4 cm³/mol. The fourth-order valence-electron chi connectivity index (χ4n) is 4.09. The van der Waals surface area contributed by atoms with E-state index in [2.05, 4.69) is 6.92 Å². The standard InChI is InChI=1S/C17H24N2O2/c1-11-9-16(20)14(10-18(11)3)17(21)19-12(2)8-13-6-4-5-7-15(13)19/h9-10,12-13,15H,4-8H2,1-3H3. The Morgan fingerprint density at radius 2 is 2.00 bits per heavy atom. The molecule has 3 atom stereocenters. The predicted octanol–water partition coefficient (Wildman–Crippen LogP) is 2.49. The van der Waals surface area contributed by atoms with Crippen molar-refractivity contribution in [3.8, 4) is 0 Å². The number of aromatic nitrogens is 1. The summed E-state index contributed by atoms with van der Waals surface area (Å²) in [5.41, 5.74) is 1.05. The summed E-state index contributed by atoms with van der Waals surface area (Å²) in [4.78, 5) is 27.1. The highest BCUT2D eigenvalue weighted by atomic mass is 16.2. The Kier molecular flexibility index (Phi) is 3.64. The van der Waals surface area contributed by atoms with Gasteiger partial charge in [0.2, 0.25) is 0 Å². The zero-order valence-electron chi connectivity index (χ0n) is 13.1. The lowest BCUT2D eigenvalue weighted by Gasteiger charge is -2.33. The Bertz CT molecular complexity index is 620. The minimum atomic E-state index is -0.151. The minimum absolute atomic E-state index is 0.0718. The summed E-state index contributed by atoms with van der Waals surface area (Å²) in [5.74, 6) is 0.560. The molecule has 0 spiro atoms. The van der Waals surface area contributed by atoms with Crippen molar-refractivity contribution in [2.75, 3.05) is 0 Å². The zero-order chi connectivity index (χ0) is 15.1. The summed E-state index contributed by atoms with van der Waals surface area (Å²) < 4.78 is 1.85. The van der Waals surface area contributed by atoms with Gasteiger partial charge in [-0.2, -0.15) is 0 Å². The van der Waals surface area contributed by atoms with Gasteiger partial charge < -0.3 is 9.47 Å². The number of aryl methyl sites for hydroxylation is 2. The van der Waals surface area contributed by atoms with Crippen molar-refractivity contribution < 1.29 is 4.79 Å². The summed E-state index contributed by atoms with van der Waals surface area (Å²) in [7, 11) is 1.88. The van der Waals surface area contributed by atoms with Crippen LogP contribution in [0.25, 0.3) is 0 Å². The van der Waals surface area contributed by atoms with Crippen LogP contribution in [0.1, 0.15) is 55.1 Å². The highest BCUT2D eigenvalue weighted by Crippen LogP contribution is 2.40. The lowest BCUT2D eigenvalue weighted by Crippen LogP contribution is -2.44. The van der Waals surface area contributed by atoms with Gasteiger partial charge in [0.25, 0.3) is 5.91 Å². The molecular weight excluding hydrogens is 264 g/mol. The number of carbonyl (C=O) groups is 1. The van der Waals surface area contributed by atoms with E-state index in [1.54, 1.807) is 12.3 Å². The van der Waals surface area contributed by atoms with Gasteiger partial charge in [0.05, 0.1) is 0 Å². The van der Waals surface area contributed by atoms with E-state index in [9.17, 15) is 9.59 Å². The maximum absolute atomic E-state index is 12.9. The molecule has 3 rings (SSSR count). The molecule has 114 valence electrons. The molecule has 3 unspecified atom stereocenters. The van der Waals surface area contributed by atoms with Gasteiger partial charge in [-0.3, -0.25) is 9.59 Å². The van der Waals surface area contributed by atoms with Gasteiger partial charge in [-0.15, -0.1) is 0 Å². The number of nitrogens with zero attached hydrogens (tertiary/aromatic N) is 2. The number of carbonyl (C=O) groups excluding carboxylic acids is 1. The minimum Gasteiger partial charge on any atom is -0.354 e. The summed E-state index contributed by atoms with van der Waals surface area (Å²) in [6, 6.07) is 2.15. The number of hydrogen-bond acceptors (Lipinski definition) is 2. The molecule has 4 nitrogen and oxygen atoms in total. The van der Waals surface area contributed by atoms with E-state index in [1.807, 2.05) is 23.4 Å². The Morgan fingerprint density at radius 3 is 2.76 bits per heavy atom. The molecular formula is C17H24N2O2. The number of pyridine rings is 1. The molecule has 0 N–H and O–H groups in total. The third-order valence-electron chi connectivity index (χ3n) is 5.29. The van der Waals surface area contributed by atoms with Crippen molar-refractivity contribution in [2.24, 2.45) is 13.0 Å². The van der Waals surface area contributed by atoms with Crippen LogP contribution in [0.3, 0.4) is 0 Å². The zero-order valence-corrected chi connectivity index (χ0v) is 13.1. The van der Waals surface area contributed by atoms with E-state index in [0.29, 0.717) is 17.5 Å². The van der Waals surface area contributed by atoms with Crippen molar-refractivity contribution in [3.63, 3.8) is 0 Å². The lowest BCUT2D eigenvalue weighted by atomic mass is 9.85. The topological polar surface area (TPSA) is 42.3 Å². The van der Waals surface area contributed by atoms with Crippen molar-refractivity contribution in [1.29, 1.82) is 0 Å². The van der Waals surface area contributed by atoms with Crippen molar-refractivity contribution in [1.82, 2.24) is 9.47 Å². The smallest absolute Gasteiger partial charge is 0.259 e. The molecule has 21 heavy (non-hydrogen) atoms. The quantitative estimate of drug-likeness (QED) is 0.796. The molecule has 1 aromatic rings. The molecule has 0 radical (unpaired) electrons. The highest BCUT2D eigenvalue weighted by molar-refractivity contribution is 5.94. The fraction of sp³-hybridized carbons (Fsp3) is 0.647. The third-order valence-corrected chi connectivity index (χ3v) is 5.29. The third kappa shape index (κ3) is 2.41. The first kappa shape index (κ1) is 14.4. The molecule has 2 fully saturated rings. The first-order valence-electron chi connectivity index (χ1n) is 7.99. The Balaban J connectivity index is 1.94. The number of amides is 1. The number of rotatable bonds is 1. The number of fused-ring (bicyclic) bond motifs is 1. The fourth-order valence-corrected chi connectivity index (χ4v) is 4.09. The van der Waals surface area contributed by atoms with Gasteiger partial charge in [0, 0.05) is 37.1 Å². The van der Waals surface area contributed by atoms with E-state index in [-0.39, 0.29) is 17.4 Å². The van der Waals surface area contributed by atoms with Crippen LogP contribution in [-0.2, 0) is 7.05 Å². The van der Waals surface area contributed by atoms with Gasteiger partial charge in [-0.1, -0.05) is 12.8 Å². The van der Waals surface area contributed by atoms with Gasteiger partial charge in [0.15, 0.2) is 5.43 Å². The van der Waals surface area contributed by atoms with Crippen molar-refractivity contribution >= 4 is 5.91 Å². The van der Waals surface area contributed by atoms with Gasteiger partial charge in [-0.05, 0) is 39.0 Å². The van der Waals surface area contributed by atoms with Crippen LogP contribution < -0.4 is 5.43 Å². The van der Waals surface area contributed by atoms with E-state index in [0.717, 1.165) is 18.5 Å². The normalized spacial score (nSPS) is 28.5. The lowest BCUT2D eigenvalue weighted by molar-refractivity contribution is 0.0631. The second-order valence-corrected chi connectivity index (χ2v) is 6.71. The van der Waals surface area contributed by atoms with Crippen molar-refractivity contribution in [2.45, 2.75) is 58.0 Å². The van der Waals surface area contributed by atoms with Gasteiger partial charge >= 0.3 is 0 Å². The second-order valence-electron chi connectivity index (χ2n) is 6.71. The summed E-state index contributed by atoms with van der Waals surface area (Å²) in [6.45, 7) is 4.00. The van der Waals surface area contributed by atoms with E-state index >= 15 is 0 Å². The molecule has 2 aliphatic rings. The number of hydrogen-bond donors (Lipinski definition) is 0. The van der Waals surface area contributed by atoms with Crippen LogP contribution >= 0.6 is 0 Å². The van der Waals surface area contributed by atoms with Crippen LogP contribution in [0.5, 0.6) is 0 Å². The van der Waals surface area contributed by atoms with Crippen LogP contribution in [0.4, 0.5) is 0 Å². The Labute approximate surface area is 125 Å². The largest absolute Gasteiger partial charge is 0.354 e. The molecule has 4 heteroatoms. The van der Waals surface area contributed by atoms with E-state index < -0.39 is 0 Å². The van der Waals surface area contributed by atoms with Crippen molar-refractivity contribution in [3.05, 3.63) is 33.7 Å². The molecule has 1 amide bonds. The molecule has 1 saturated heterocycles. The monoisotopic (exact) mass is 288 g/mol. The first-order valence-corrected chi connectivity index (χ1v) is 7.99. The second kappa shape index (κ2) is 5.32.